The van der Waals surface area contributed by atoms with Crippen LogP contribution in [0.25, 0.3) is 5.69 Å². The molecule has 0 radical (unpaired) electrons. The van der Waals surface area contributed by atoms with Gasteiger partial charge in [-0.2, -0.15) is 0 Å². The Kier molecular flexibility index (Phi) is 11.2. The van der Waals surface area contributed by atoms with E-state index in [0.29, 0.717) is 18.3 Å². The zero-order valence-electron chi connectivity index (χ0n) is 24.6. The van der Waals surface area contributed by atoms with Crippen LogP contribution in [0.4, 0.5) is 0 Å². The van der Waals surface area contributed by atoms with Crippen LogP contribution in [0.5, 0.6) is 5.75 Å². The molecule has 2 heterocycles. The van der Waals surface area contributed by atoms with Crippen LogP contribution in [0.1, 0.15) is 87.4 Å². The van der Waals surface area contributed by atoms with Crippen molar-refractivity contribution in [1.82, 2.24) is 14.5 Å². The third kappa shape index (κ3) is 8.75. The molecule has 1 unspecified atom stereocenters. The average Bonchev–Trinajstić information content (AvgIpc) is 3.42. The summed E-state index contributed by atoms with van der Waals surface area (Å²) in [6.07, 6.45) is 22.8. The maximum absolute atomic E-state index is 12.1. The molecule has 2 aliphatic rings. The second-order valence-electron chi connectivity index (χ2n) is 11.2. The summed E-state index contributed by atoms with van der Waals surface area (Å²) in [6, 6.07) is 9.87. The molecule has 5 rings (SSSR count). The fourth-order valence-corrected chi connectivity index (χ4v) is 6.87. The number of hydrogen-bond acceptors (Lipinski definition) is 6. The summed E-state index contributed by atoms with van der Waals surface area (Å²) >= 11 is 1.79. The molecule has 42 heavy (non-hydrogen) atoms. The maximum atomic E-state index is 12.1. The normalized spacial score (nSPS) is 16.9. The Morgan fingerprint density at radius 3 is 2.81 bits per heavy atom. The van der Waals surface area contributed by atoms with E-state index in [1.807, 2.05) is 49.6 Å². The number of allylic oxidation sites excluding steroid dienone is 1. The Morgan fingerprint density at radius 1 is 1.12 bits per heavy atom. The van der Waals surface area contributed by atoms with Gasteiger partial charge in [-0.15, -0.1) is 0 Å². The van der Waals surface area contributed by atoms with Gasteiger partial charge in [0, 0.05) is 23.4 Å². The Hall–Kier alpha value is -3.50. The third-order valence-corrected chi connectivity index (χ3v) is 9.20. The predicted molar refractivity (Wildman–Crippen MR) is 168 cm³/mol. The Bertz CT molecular complexity index is 1400. The van der Waals surface area contributed by atoms with Crippen molar-refractivity contribution in [3.05, 3.63) is 77.9 Å². The van der Waals surface area contributed by atoms with Gasteiger partial charge in [-0.1, -0.05) is 67.9 Å². The molecule has 7 heteroatoms. The number of thioether (sulfide) groups is 1. The Balaban J connectivity index is 1.13. The van der Waals surface area contributed by atoms with Crippen molar-refractivity contribution < 1.29 is 14.3 Å². The van der Waals surface area contributed by atoms with Gasteiger partial charge in [-0.3, -0.25) is 14.3 Å². The van der Waals surface area contributed by atoms with Crippen molar-refractivity contribution in [3.63, 3.8) is 0 Å². The Morgan fingerprint density at radius 2 is 2.02 bits per heavy atom. The van der Waals surface area contributed by atoms with Gasteiger partial charge in [-0.25, -0.2) is 4.98 Å². The zero-order chi connectivity index (χ0) is 29.0. The molecular formula is C35H41N3O3S. The smallest absolute Gasteiger partial charge is 0.306 e. The van der Waals surface area contributed by atoms with Crippen molar-refractivity contribution in [2.45, 2.75) is 94.6 Å². The van der Waals surface area contributed by atoms with Crippen LogP contribution in [0.15, 0.2) is 66.2 Å². The number of aryl methyl sites for hydroxylation is 1. The lowest BCUT2D eigenvalue weighted by Crippen LogP contribution is -2.09. The van der Waals surface area contributed by atoms with Gasteiger partial charge in [0.1, 0.15) is 12.4 Å². The number of ether oxygens (including phenoxy) is 2. The number of esters is 1. The number of nitrogens with zero attached hydrogens (tertiary/aromatic N) is 3. The molecule has 1 fully saturated rings. The third-order valence-electron chi connectivity index (χ3n) is 8.00. The number of benzene rings is 1. The minimum Gasteiger partial charge on any atom is -0.487 e. The van der Waals surface area contributed by atoms with E-state index in [-0.39, 0.29) is 12.6 Å². The summed E-state index contributed by atoms with van der Waals surface area (Å²) < 4.78 is 13.7. The van der Waals surface area contributed by atoms with Crippen LogP contribution in [0.3, 0.4) is 0 Å². The molecule has 1 aromatic carbocycles. The second-order valence-corrected chi connectivity index (χ2v) is 12.4. The molecule has 3 aromatic rings. The van der Waals surface area contributed by atoms with E-state index in [0.717, 1.165) is 65.0 Å². The number of aromatic nitrogens is 3. The molecule has 2 aromatic heterocycles. The molecule has 2 aliphatic carbocycles. The van der Waals surface area contributed by atoms with E-state index in [1.165, 1.54) is 38.5 Å². The van der Waals surface area contributed by atoms with Gasteiger partial charge in [-0.05, 0) is 80.8 Å². The fraction of sp³-hybridized carbons (Fsp3) is 0.457. The van der Waals surface area contributed by atoms with Gasteiger partial charge < -0.3 is 9.47 Å². The lowest BCUT2D eigenvalue weighted by Gasteiger charge is -2.20. The standard InChI is InChI=1S/C35H41N3O3S/c1-27-23-32(20-19-29(27)14-10-22-40-34(39)18-8-13-28-11-4-2-5-12-28)41-26-31-25-37-35(42-33-16-6-3-7-17-33)38(31)30-15-9-21-36-24-30/h6,9,15-16,19-21,23-25,28,33H,2-5,7-8,11-13,17-18,22,26H2,1H3. The van der Waals surface area contributed by atoms with Crippen molar-refractivity contribution in [1.29, 1.82) is 0 Å². The van der Waals surface area contributed by atoms with E-state index in [2.05, 4.69) is 33.5 Å². The SMILES string of the molecule is Cc1cc(OCc2cnc(SC3C=CCCC3)n2-c2cccnc2)ccc1C#CCOC(=O)CCCC1CCCCC1. The number of carbonyl (C=O) groups is 1. The highest BCUT2D eigenvalue weighted by molar-refractivity contribution is 7.99. The van der Waals surface area contributed by atoms with Crippen LogP contribution in [-0.2, 0) is 16.1 Å². The maximum Gasteiger partial charge on any atom is 0.306 e. The van der Waals surface area contributed by atoms with Crippen LogP contribution in [0, 0.1) is 24.7 Å². The molecule has 6 nitrogen and oxygen atoms in total. The quantitative estimate of drug-likeness (QED) is 0.129. The summed E-state index contributed by atoms with van der Waals surface area (Å²) in [5.74, 6) is 7.55. The lowest BCUT2D eigenvalue weighted by atomic mass is 9.86. The van der Waals surface area contributed by atoms with Crippen molar-refractivity contribution in [3.8, 4) is 23.3 Å². The van der Waals surface area contributed by atoms with E-state index in [9.17, 15) is 4.79 Å². The lowest BCUT2D eigenvalue weighted by molar-refractivity contribution is -0.142. The van der Waals surface area contributed by atoms with Gasteiger partial charge in [0.2, 0.25) is 0 Å². The number of pyridine rings is 1. The minimum absolute atomic E-state index is 0.120. The predicted octanol–water partition coefficient (Wildman–Crippen LogP) is 8.00. The van der Waals surface area contributed by atoms with Gasteiger partial charge in [0.05, 0.1) is 23.8 Å². The molecule has 0 amide bonds. The van der Waals surface area contributed by atoms with Crippen molar-refractivity contribution >= 4 is 17.7 Å². The summed E-state index contributed by atoms with van der Waals surface area (Å²) in [5.41, 5.74) is 3.85. The molecule has 1 atom stereocenters. The summed E-state index contributed by atoms with van der Waals surface area (Å²) in [7, 11) is 0. The zero-order valence-corrected chi connectivity index (χ0v) is 25.4. The monoisotopic (exact) mass is 583 g/mol. The van der Waals surface area contributed by atoms with E-state index in [4.69, 9.17) is 14.5 Å². The number of carbonyl (C=O) groups excluding carboxylic acids is 1. The molecule has 0 aliphatic heterocycles. The topological polar surface area (TPSA) is 66.2 Å². The molecule has 0 N–H and O–H groups in total. The minimum atomic E-state index is -0.150. The first-order valence-electron chi connectivity index (χ1n) is 15.3. The van der Waals surface area contributed by atoms with E-state index in [1.54, 1.807) is 18.0 Å². The molecule has 0 spiro atoms. The summed E-state index contributed by atoms with van der Waals surface area (Å²) in [5, 5.41) is 1.38. The molecular weight excluding hydrogens is 542 g/mol. The second kappa shape index (κ2) is 15.7. The first kappa shape index (κ1) is 30.0. The largest absolute Gasteiger partial charge is 0.487 e. The van der Waals surface area contributed by atoms with Gasteiger partial charge in [0.25, 0.3) is 0 Å². The first-order valence-corrected chi connectivity index (χ1v) is 16.2. The first-order chi connectivity index (χ1) is 20.7. The van der Waals surface area contributed by atoms with Crippen LogP contribution < -0.4 is 4.74 Å². The van der Waals surface area contributed by atoms with Crippen molar-refractivity contribution in [2.75, 3.05) is 6.61 Å². The van der Waals surface area contributed by atoms with Crippen LogP contribution in [-0.4, -0.2) is 32.4 Å². The highest BCUT2D eigenvalue weighted by Crippen LogP contribution is 2.32. The van der Waals surface area contributed by atoms with Crippen LogP contribution in [0.2, 0.25) is 0 Å². The summed E-state index contributed by atoms with van der Waals surface area (Å²) in [6.45, 7) is 2.51. The van der Waals surface area contributed by atoms with Crippen LogP contribution >= 0.6 is 11.8 Å². The van der Waals surface area contributed by atoms with Gasteiger partial charge >= 0.3 is 5.97 Å². The molecule has 0 bridgehead atoms. The molecule has 1 saturated carbocycles. The average molecular weight is 584 g/mol. The van der Waals surface area contributed by atoms with E-state index >= 15 is 0 Å². The fourth-order valence-electron chi connectivity index (χ4n) is 5.68. The molecule has 0 saturated heterocycles. The highest BCUT2D eigenvalue weighted by atomic mass is 32.2. The van der Waals surface area contributed by atoms with Crippen molar-refractivity contribution in [2.24, 2.45) is 5.92 Å². The van der Waals surface area contributed by atoms with Gasteiger partial charge in [0.15, 0.2) is 11.8 Å². The van der Waals surface area contributed by atoms with E-state index < -0.39 is 0 Å². The molecule has 220 valence electrons. The number of rotatable bonds is 11. The highest BCUT2D eigenvalue weighted by Gasteiger charge is 2.18. The summed E-state index contributed by atoms with van der Waals surface area (Å²) in [4.78, 5) is 21.2. The number of imidazole rings is 1. The Labute approximate surface area is 254 Å². The number of hydrogen-bond donors (Lipinski definition) is 0.